The number of rotatable bonds is 3. The number of morpholine rings is 1. The highest BCUT2D eigenvalue weighted by atomic mass is 35.6. The number of hydrogen-bond acceptors (Lipinski definition) is 4. The standard InChI is InChI=1S/C14H14Cl3F3N2O3/c15-13(16,17)8-25-12(23)21-10-7-9(14(18,19)20)1-2-11(10)22-3-5-24-6-4-22/h1-2,7H,3-6,8H2,(H,21,23). The Labute approximate surface area is 156 Å². The number of halogens is 6. The average molecular weight is 422 g/mol. The van der Waals surface area contributed by atoms with Gasteiger partial charge in [-0.1, -0.05) is 34.8 Å². The molecule has 1 heterocycles. The van der Waals surface area contributed by atoms with Crippen LogP contribution in [-0.2, 0) is 15.7 Å². The molecule has 0 unspecified atom stereocenters. The van der Waals surface area contributed by atoms with Crippen molar-refractivity contribution >= 4 is 52.3 Å². The van der Waals surface area contributed by atoms with Crippen molar-refractivity contribution in [3.8, 4) is 0 Å². The third-order valence-electron chi connectivity index (χ3n) is 3.28. The molecule has 140 valence electrons. The Kier molecular flexibility index (Phi) is 6.53. The molecule has 1 saturated heterocycles. The SMILES string of the molecule is O=C(Nc1cc(C(F)(F)F)ccc1N1CCOCC1)OCC(Cl)(Cl)Cl. The van der Waals surface area contributed by atoms with Gasteiger partial charge in [0.1, 0.15) is 6.61 Å². The van der Waals surface area contributed by atoms with Crippen LogP contribution >= 0.6 is 34.8 Å². The molecular formula is C14H14Cl3F3N2O3. The van der Waals surface area contributed by atoms with Gasteiger partial charge < -0.3 is 14.4 Å². The van der Waals surface area contributed by atoms with Gasteiger partial charge in [-0.2, -0.15) is 13.2 Å². The quantitative estimate of drug-likeness (QED) is 0.732. The van der Waals surface area contributed by atoms with Gasteiger partial charge in [0.25, 0.3) is 0 Å². The molecule has 0 saturated carbocycles. The number of alkyl halides is 6. The third kappa shape index (κ3) is 6.29. The summed E-state index contributed by atoms with van der Waals surface area (Å²) in [7, 11) is 0. The van der Waals surface area contributed by atoms with Crippen LogP contribution < -0.4 is 10.2 Å². The fourth-order valence-electron chi connectivity index (χ4n) is 2.19. The van der Waals surface area contributed by atoms with Gasteiger partial charge in [-0.15, -0.1) is 0 Å². The maximum atomic E-state index is 13.0. The van der Waals surface area contributed by atoms with Crippen LogP contribution in [0.1, 0.15) is 5.56 Å². The van der Waals surface area contributed by atoms with Crippen molar-refractivity contribution in [3.05, 3.63) is 23.8 Å². The zero-order valence-corrected chi connectivity index (χ0v) is 15.0. The Morgan fingerprint density at radius 3 is 2.44 bits per heavy atom. The normalized spacial score (nSPS) is 15.8. The van der Waals surface area contributed by atoms with E-state index >= 15 is 0 Å². The van der Waals surface area contributed by atoms with Crippen LogP contribution in [0.3, 0.4) is 0 Å². The molecule has 1 fully saturated rings. The van der Waals surface area contributed by atoms with E-state index in [2.05, 4.69) is 5.32 Å². The summed E-state index contributed by atoms with van der Waals surface area (Å²) in [6.45, 7) is 1.26. The van der Waals surface area contributed by atoms with Crippen molar-refractivity contribution in [2.45, 2.75) is 9.97 Å². The van der Waals surface area contributed by atoms with Gasteiger partial charge in [0, 0.05) is 13.1 Å². The molecule has 0 spiro atoms. The summed E-state index contributed by atoms with van der Waals surface area (Å²) in [4.78, 5) is 13.6. The van der Waals surface area contributed by atoms with Gasteiger partial charge in [-0.05, 0) is 18.2 Å². The van der Waals surface area contributed by atoms with E-state index in [1.54, 1.807) is 4.90 Å². The summed E-state index contributed by atoms with van der Waals surface area (Å²) in [5, 5.41) is 2.27. The molecule has 1 aliphatic heterocycles. The maximum absolute atomic E-state index is 13.0. The number of nitrogens with one attached hydrogen (secondary N) is 1. The molecule has 11 heteroatoms. The van der Waals surface area contributed by atoms with E-state index in [0.29, 0.717) is 32.0 Å². The first kappa shape index (κ1) is 20.2. The summed E-state index contributed by atoms with van der Waals surface area (Å²) in [6.07, 6.45) is -5.58. The molecule has 0 radical (unpaired) electrons. The number of hydrogen-bond donors (Lipinski definition) is 1. The van der Waals surface area contributed by atoms with Crippen LogP contribution in [0, 0.1) is 0 Å². The van der Waals surface area contributed by atoms with Gasteiger partial charge in [-0.25, -0.2) is 4.79 Å². The van der Waals surface area contributed by atoms with Gasteiger partial charge in [-0.3, -0.25) is 5.32 Å². The lowest BCUT2D eigenvalue weighted by Gasteiger charge is -2.31. The summed E-state index contributed by atoms with van der Waals surface area (Å²) in [5.41, 5.74) is -0.533. The molecule has 25 heavy (non-hydrogen) atoms. The molecule has 1 aromatic rings. The smallest absolute Gasteiger partial charge is 0.416 e. The number of carbonyl (C=O) groups excluding carboxylic acids is 1. The van der Waals surface area contributed by atoms with Crippen molar-refractivity contribution in [2.75, 3.05) is 43.1 Å². The van der Waals surface area contributed by atoms with Crippen molar-refractivity contribution in [2.24, 2.45) is 0 Å². The fraction of sp³-hybridized carbons (Fsp3) is 0.500. The van der Waals surface area contributed by atoms with Crippen LogP contribution in [0.15, 0.2) is 18.2 Å². The first-order valence-corrected chi connectivity index (χ1v) is 8.24. The molecule has 1 aromatic carbocycles. The van der Waals surface area contributed by atoms with Gasteiger partial charge in [0.2, 0.25) is 3.79 Å². The largest absolute Gasteiger partial charge is 0.445 e. The minimum absolute atomic E-state index is 0.0500. The predicted octanol–water partition coefficient (Wildman–Crippen LogP) is 4.46. The van der Waals surface area contributed by atoms with Gasteiger partial charge in [0.05, 0.1) is 30.2 Å². The number of ether oxygens (including phenoxy) is 2. The molecule has 0 aromatic heterocycles. The van der Waals surface area contributed by atoms with E-state index in [0.717, 1.165) is 12.1 Å². The summed E-state index contributed by atoms with van der Waals surface area (Å²) >= 11 is 16.4. The number of carbonyl (C=O) groups is 1. The van der Waals surface area contributed by atoms with Crippen LogP contribution in [0.4, 0.5) is 29.3 Å². The first-order chi connectivity index (χ1) is 11.6. The lowest BCUT2D eigenvalue weighted by atomic mass is 10.1. The Morgan fingerprint density at radius 1 is 1.24 bits per heavy atom. The van der Waals surface area contributed by atoms with E-state index in [1.807, 2.05) is 0 Å². The Balaban J connectivity index is 2.23. The molecule has 1 aliphatic rings. The average Bonchev–Trinajstić information content (AvgIpc) is 2.52. The van der Waals surface area contributed by atoms with Crippen molar-refractivity contribution in [3.63, 3.8) is 0 Å². The van der Waals surface area contributed by atoms with Gasteiger partial charge >= 0.3 is 12.3 Å². The van der Waals surface area contributed by atoms with E-state index < -0.39 is 28.2 Å². The summed E-state index contributed by atoms with van der Waals surface area (Å²) in [6, 6.07) is 3.07. The fourth-order valence-corrected chi connectivity index (χ4v) is 2.35. The second kappa shape index (κ2) is 8.07. The Morgan fingerprint density at radius 2 is 1.88 bits per heavy atom. The second-order valence-electron chi connectivity index (χ2n) is 5.15. The molecule has 0 aliphatic carbocycles. The number of benzene rings is 1. The molecular weight excluding hydrogens is 408 g/mol. The third-order valence-corrected chi connectivity index (χ3v) is 3.61. The van der Waals surface area contributed by atoms with Crippen LogP contribution in [0.25, 0.3) is 0 Å². The van der Waals surface area contributed by atoms with E-state index in [1.165, 1.54) is 6.07 Å². The molecule has 0 atom stereocenters. The van der Waals surface area contributed by atoms with E-state index in [-0.39, 0.29) is 5.69 Å². The van der Waals surface area contributed by atoms with Crippen molar-refractivity contribution in [1.29, 1.82) is 0 Å². The van der Waals surface area contributed by atoms with Crippen LogP contribution in [-0.4, -0.2) is 42.8 Å². The highest BCUT2D eigenvalue weighted by Crippen LogP contribution is 2.36. The zero-order chi connectivity index (χ0) is 18.7. The predicted molar refractivity (Wildman–Crippen MR) is 89.7 cm³/mol. The minimum Gasteiger partial charge on any atom is -0.445 e. The second-order valence-corrected chi connectivity index (χ2v) is 7.66. The number of anilines is 2. The Hall–Kier alpha value is -1.09. The monoisotopic (exact) mass is 420 g/mol. The minimum atomic E-state index is -4.55. The highest BCUT2D eigenvalue weighted by Gasteiger charge is 2.32. The van der Waals surface area contributed by atoms with Crippen molar-refractivity contribution in [1.82, 2.24) is 0 Å². The summed E-state index contributed by atoms with van der Waals surface area (Å²) < 4.78 is 47.0. The first-order valence-electron chi connectivity index (χ1n) is 7.11. The van der Waals surface area contributed by atoms with Crippen LogP contribution in [0.2, 0.25) is 0 Å². The maximum Gasteiger partial charge on any atom is 0.416 e. The molecule has 0 bridgehead atoms. The molecule has 2 rings (SSSR count). The van der Waals surface area contributed by atoms with Gasteiger partial charge in [0.15, 0.2) is 0 Å². The summed E-state index contributed by atoms with van der Waals surface area (Å²) in [5.74, 6) is 0. The molecule has 5 nitrogen and oxygen atoms in total. The number of amides is 1. The van der Waals surface area contributed by atoms with E-state index in [4.69, 9.17) is 44.3 Å². The Bertz CT molecular complexity index is 618. The highest BCUT2D eigenvalue weighted by molar-refractivity contribution is 6.67. The van der Waals surface area contributed by atoms with Crippen molar-refractivity contribution < 1.29 is 27.4 Å². The van der Waals surface area contributed by atoms with Crippen LogP contribution in [0.5, 0.6) is 0 Å². The zero-order valence-electron chi connectivity index (χ0n) is 12.7. The molecule has 1 N–H and O–H groups in total. The number of nitrogens with zero attached hydrogens (tertiary/aromatic N) is 1. The molecule has 1 amide bonds. The topological polar surface area (TPSA) is 50.8 Å². The lowest BCUT2D eigenvalue weighted by molar-refractivity contribution is -0.137. The lowest BCUT2D eigenvalue weighted by Crippen LogP contribution is -2.37. The van der Waals surface area contributed by atoms with E-state index in [9.17, 15) is 18.0 Å².